The van der Waals surface area contributed by atoms with Gasteiger partial charge in [0, 0.05) is 22.6 Å². The predicted molar refractivity (Wildman–Crippen MR) is 147 cm³/mol. The van der Waals surface area contributed by atoms with Crippen molar-refractivity contribution in [2.24, 2.45) is 4.99 Å². The van der Waals surface area contributed by atoms with E-state index >= 15 is 0 Å². The Bertz CT molecular complexity index is 1370. The molecule has 2 aliphatic rings. The Morgan fingerprint density at radius 2 is 1.54 bits per heavy atom. The number of carbonyl (C=O) groups excluding carboxylic acids is 1. The second kappa shape index (κ2) is 8.34. The molecule has 1 aliphatic carbocycles. The minimum absolute atomic E-state index is 0.0838. The number of methoxy groups -OCH3 is 1. The molecular formula is C30H31BrN2O2. The van der Waals surface area contributed by atoms with E-state index in [4.69, 9.17) is 9.73 Å². The Balaban J connectivity index is 1.80. The molecule has 0 amide bonds. The van der Waals surface area contributed by atoms with Crippen LogP contribution in [0, 0.1) is 0 Å². The van der Waals surface area contributed by atoms with Gasteiger partial charge < -0.3 is 9.64 Å². The summed E-state index contributed by atoms with van der Waals surface area (Å²) in [6.07, 6.45) is 2.31. The van der Waals surface area contributed by atoms with E-state index in [1.165, 1.54) is 18.2 Å². The molecule has 0 spiro atoms. The van der Waals surface area contributed by atoms with Gasteiger partial charge in [-0.2, -0.15) is 0 Å². The van der Waals surface area contributed by atoms with Crippen LogP contribution in [-0.2, 0) is 15.6 Å². The molecule has 5 rings (SSSR count). The molecule has 0 aromatic heterocycles. The molecule has 0 saturated heterocycles. The van der Waals surface area contributed by atoms with Gasteiger partial charge in [-0.05, 0) is 77.3 Å². The lowest BCUT2D eigenvalue weighted by molar-refractivity contribution is 0.0600. The first-order chi connectivity index (χ1) is 16.5. The average molecular weight is 531 g/mol. The number of carbonyl (C=O) groups is 1. The van der Waals surface area contributed by atoms with E-state index in [-0.39, 0.29) is 16.8 Å². The largest absolute Gasteiger partial charge is 0.465 e. The van der Waals surface area contributed by atoms with Crippen LogP contribution in [0.5, 0.6) is 0 Å². The highest BCUT2D eigenvalue weighted by Crippen LogP contribution is 2.50. The third kappa shape index (κ3) is 4.00. The van der Waals surface area contributed by atoms with E-state index in [2.05, 4.69) is 85.9 Å². The van der Waals surface area contributed by atoms with Gasteiger partial charge in [-0.15, -0.1) is 0 Å². The number of esters is 1. The van der Waals surface area contributed by atoms with Crippen LogP contribution in [0.4, 0.5) is 17.1 Å². The summed E-state index contributed by atoms with van der Waals surface area (Å²) >= 11 is 3.63. The molecule has 0 unspecified atom stereocenters. The Kier molecular flexibility index (Phi) is 5.67. The molecular weight excluding hydrogens is 500 g/mol. The van der Waals surface area contributed by atoms with Crippen molar-refractivity contribution in [2.75, 3.05) is 19.1 Å². The maximum Gasteiger partial charge on any atom is 0.337 e. The van der Waals surface area contributed by atoms with Gasteiger partial charge in [0.05, 0.1) is 35.4 Å². The zero-order valence-electron chi connectivity index (χ0n) is 21.2. The fourth-order valence-corrected chi connectivity index (χ4v) is 5.70. The summed E-state index contributed by atoms with van der Waals surface area (Å²) in [6.45, 7) is 9.41. The maximum absolute atomic E-state index is 12.0. The van der Waals surface area contributed by atoms with Crippen molar-refractivity contribution in [2.45, 2.75) is 51.4 Å². The van der Waals surface area contributed by atoms with Gasteiger partial charge in [0.15, 0.2) is 0 Å². The van der Waals surface area contributed by atoms with E-state index in [1.807, 2.05) is 24.3 Å². The van der Waals surface area contributed by atoms with Crippen molar-refractivity contribution in [3.63, 3.8) is 0 Å². The number of hydrogen-bond donors (Lipinski definition) is 0. The number of rotatable bonds is 2. The zero-order valence-corrected chi connectivity index (χ0v) is 22.8. The third-order valence-electron chi connectivity index (χ3n) is 7.70. The predicted octanol–water partition coefficient (Wildman–Crippen LogP) is 7.84. The van der Waals surface area contributed by atoms with Crippen LogP contribution in [0.15, 0.2) is 64.1 Å². The standard InChI is InChI=1S/C30H31BrN2O2/c1-29(2)13-14-30(3,4)23-17-26-21(16-22(23)29)27(18-7-9-19(10-8-18)28(34)35-6)32-24-15-20(31)11-12-25(24)33(26)5/h7-12,15-17H,13-14H2,1-6H3. The number of benzene rings is 3. The van der Waals surface area contributed by atoms with E-state index in [1.54, 1.807) is 0 Å². The van der Waals surface area contributed by atoms with Crippen molar-refractivity contribution in [1.82, 2.24) is 0 Å². The molecule has 1 aliphatic heterocycles. The number of ether oxygens (including phenoxy) is 1. The Labute approximate surface area is 216 Å². The van der Waals surface area contributed by atoms with E-state index in [9.17, 15) is 4.79 Å². The summed E-state index contributed by atoms with van der Waals surface area (Å²) < 4.78 is 5.88. The van der Waals surface area contributed by atoms with Crippen LogP contribution in [-0.4, -0.2) is 25.8 Å². The fourth-order valence-electron chi connectivity index (χ4n) is 5.35. The molecule has 3 aromatic carbocycles. The summed E-state index contributed by atoms with van der Waals surface area (Å²) in [7, 11) is 3.52. The van der Waals surface area contributed by atoms with Crippen molar-refractivity contribution >= 4 is 44.7 Å². The van der Waals surface area contributed by atoms with Gasteiger partial charge in [0.25, 0.3) is 0 Å². The minimum atomic E-state index is -0.341. The third-order valence-corrected chi connectivity index (χ3v) is 8.19. The fraction of sp³-hybridized carbons (Fsp3) is 0.333. The van der Waals surface area contributed by atoms with Crippen LogP contribution < -0.4 is 4.90 Å². The molecule has 0 N–H and O–H groups in total. The Morgan fingerprint density at radius 1 is 0.914 bits per heavy atom. The summed E-state index contributed by atoms with van der Waals surface area (Å²) in [4.78, 5) is 19.5. The molecule has 0 fully saturated rings. The van der Waals surface area contributed by atoms with Crippen LogP contribution in [0.1, 0.15) is 73.1 Å². The lowest BCUT2D eigenvalue weighted by Crippen LogP contribution is -2.34. The first-order valence-electron chi connectivity index (χ1n) is 12.0. The molecule has 180 valence electrons. The van der Waals surface area contributed by atoms with Crippen LogP contribution in [0.25, 0.3) is 0 Å². The molecule has 0 bridgehead atoms. The highest BCUT2D eigenvalue weighted by Gasteiger charge is 2.39. The van der Waals surface area contributed by atoms with Gasteiger partial charge in [-0.25, -0.2) is 9.79 Å². The lowest BCUT2D eigenvalue weighted by atomic mass is 9.62. The van der Waals surface area contributed by atoms with Gasteiger partial charge in [0.2, 0.25) is 0 Å². The molecule has 0 saturated carbocycles. The number of hydrogen-bond acceptors (Lipinski definition) is 4. The molecule has 35 heavy (non-hydrogen) atoms. The first kappa shape index (κ1) is 23.8. The summed E-state index contributed by atoms with van der Waals surface area (Å²) in [5.74, 6) is -0.341. The average Bonchev–Trinajstić information content (AvgIpc) is 2.95. The smallest absolute Gasteiger partial charge is 0.337 e. The first-order valence-corrected chi connectivity index (χ1v) is 12.8. The number of aliphatic imine (C=N–C) groups is 1. The lowest BCUT2D eigenvalue weighted by Gasteiger charge is -2.43. The van der Waals surface area contributed by atoms with Crippen molar-refractivity contribution < 1.29 is 9.53 Å². The number of fused-ring (bicyclic) bond motifs is 3. The highest BCUT2D eigenvalue weighted by molar-refractivity contribution is 9.10. The minimum Gasteiger partial charge on any atom is -0.465 e. The van der Waals surface area contributed by atoms with Gasteiger partial charge in [-0.1, -0.05) is 55.8 Å². The van der Waals surface area contributed by atoms with Crippen molar-refractivity contribution in [3.8, 4) is 0 Å². The van der Waals surface area contributed by atoms with E-state index in [0.717, 1.165) is 51.2 Å². The SMILES string of the molecule is COC(=O)c1ccc(C2=Nc3cc(Br)ccc3N(C)c3cc4c(cc32)C(C)(C)CCC4(C)C)cc1. The van der Waals surface area contributed by atoms with Gasteiger partial charge in [0.1, 0.15) is 0 Å². The second-order valence-corrected chi connectivity index (χ2v) is 11.8. The summed E-state index contributed by atoms with van der Waals surface area (Å²) in [5, 5.41) is 0. The van der Waals surface area contributed by atoms with Gasteiger partial charge in [-0.3, -0.25) is 0 Å². The number of nitrogens with zero attached hydrogens (tertiary/aromatic N) is 2. The van der Waals surface area contributed by atoms with Crippen LogP contribution >= 0.6 is 15.9 Å². The second-order valence-electron chi connectivity index (χ2n) is 10.9. The quantitative estimate of drug-likeness (QED) is 0.317. The molecule has 5 heteroatoms. The Hall–Kier alpha value is -2.92. The normalized spacial score (nSPS) is 17.5. The van der Waals surface area contributed by atoms with E-state index < -0.39 is 0 Å². The topological polar surface area (TPSA) is 41.9 Å². The summed E-state index contributed by atoms with van der Waals surface area (Å²) in [5.41, 5.74) is 9.61. The monoisotopic (exact) mass is 530 g/mol. The molecule has 0 radical (unpaired) electrons. The molecule has 0 atom stereocenters. The van der Waals surface area contributed by atoms with Crippen molar-refractivity contribution in [1.29, 1.82) is 0 Å². The van der Waals surface area contributed by atoms with Crippen LogP contribution in [0.2, 0.25) is 0 Å². The maximum atomic E-state index is 12.0. The zero-order chi connectivity index (χ0) is 25.1. The van der Waals surface area contributed by atoms with Gasteiger partial charge >= 0.3 is 5.97 Å². The number of anilines is 2. The van der Waals surface area contributed by atoms with Crippen LogP contribution in [0.3, 0.4) is 0 Å². The molecule has 3 aromatic rings. The summed E-state index contributed by atoms with van der Waals surface area (Å²) in [6, 6.07) is 18.6. The van der Waals surface area contributed by atoms with E-state index in [0.29, 0.717) is 5.56 Å². The Morgan fingerprint density at radius 3 is 2.17 bits per heavy atom. The molecule has 4 nitrogen and oxygen atoms in total. The number of halogens is 1. The molecule has 1 heterocycles. The van der Waals surface area contributed by atoms with Crippen molar-refractivity contribution in [3.05, 3.63) is 86.9 Å². The highest BCUT2D eigenvalue weighted by atomic mass is 79.9.